The van der Waals surface area contributed by atoms with E-state index in [2.05, 4.69) is 70.3 Å². The van der Waals surface area contributed by atoms with E-state index in [0.29, 0.717) is 24.8 Å². The molecule has 9 nitrogen and oxygen atoms in total. The number of rotatable bonds is 7. The molecule has 3 aromatic heterocycles. The molecule has 1 aromatic carbocycles. The van der Waals surface area contributed by atoms with Gasteiger partial charge in [-0.05, 0) is 59.4 Å². The van der Waals surface area contributed by atoms with E-state index >= 15 is 0 Å². The van der Waals surface area contributed by atoms with Crippen LogP contribution in [0.3, 0.4) is 0 Å². The fourth-order valence-electron chi connectivity index (χ4n) is 4.92. The summed E-state index contributed by atoms with van der Waals surface area (Å²) >= 11 is 0. The molecule has 10 heteroatoms. The summed E-state index contributed by atoms with van der Waals surface area (Å²) in [6.07, 6.45) is 1.63. The number of hydrogen-bond donors (Lipinski definition) is 2. The quantitative estimate of drug-likeness (QED) is 0.384. The lowest BCUT2D eigenvalue weighted by atomic mass is 10.0. The molecule has 1 aliphatic heterocycles. The zero-order valence-electron chi connectivity index (χ0n) is 21.6. The molecule has 1 aliphatic rings. The summed E-state index contributed by atoms with van der Waals surface area (Å²) in [5, 5.41) is 16.5. The second-order valence-electron chi connectivity index (χ2n) is 10.5. The number of piperidine rings is 1. The van der Waals surface area contributed by atoms with Gasteiger partial charge in [0.1, 0.15) is 12.0 Å². The number of alkyl halides is 1. The van der Waals surface area contributed by atoms with Crippen molar-refractivity contribution >= 4 is 22.4 Å². The molecular weight excluding hydrogens is 459 g/mol. The Hall–Kier alpha value is -3.40. The highest BCUT2D eigenvalue weighted by atomic mass is 19.1. The number of hydrogen-bond acceptors (Lipinski definition) is 7. The molecule has 2 N–H and O–H groups in total. The van der Waals surface area contributed by atoms with Crippen molar-refractivity contribution in [2.24, 2.45) is 0 Å². The van der Waals surface area contributed by atoms with Crippen molar-refractivity contribution in [2.45, 2.75) is 65.0 Å². The topological polar surface area (TPSA) is 89.0 Å². The Morgan fingerprint density at radius 1 is 1.22 bits per heavy atom. The molecule has 4 heterocycles. The number of nitrogens with one attached hydrogen (secondary N) is 2. The van der Waals surface area contributed by atoms with Crippen molar-refractivity contribution in [1.82, 2.24) is 29.4 Å². The fraction of sp³-hybridized carbons (Fsp3) is 0.500. The summed E-state index contributed by atoms with van der Waals surface area (Å²) in [4.78, 5) is 6.70. The molecule has 0 amide bonds. The summed E-state index contributed by atoms with van der Waals surface area (Å²) < 4.78 is 24.4. The van der Waals surface area contributed by atoms with Crippen LogP contribution >= 0.6 is 0 Å². The molecule has 192 valence electrons. The number of benzene rings is 1. The van der Waals surface area contributed by atoms with E-state index in [9.17, 15) is 4.39 Å². The van der Waals surface area contributed by atoms with Crippen LogP contribution in [0.4, 0.5) is 15.9 Å². The molecule has 0 saturated carbocycles. The first-order valence-corrected chi connectivity index (χ1v) is 12.6. The smallest absolute Gasteiger partial charge is 0.246 e. The molecule has 2 atom stereocenters. The molecular formula is C26H35FN8O. The van der Waals surface area contributed by atoms with Crippen LogP contribution in [0.1, 0.15) is 40.0 Å². The van der Waals surface area contributed by atoms with Crippen LogP contribution in [-0.2, 0) is 18.6 Å². The normalized spacial score (nSPS) is 19.2. The minimum atomic E-state index is -0.909. The largest absolute Gasteiger partial charge is 0.379 e. The Bertz CT molecular complexity index is 1330. The molecule has 36 heavy (non-hydrogen) atoms. The molecule has 5 rings (SSSR count). The van der Waals surface area contributed by atoms with Crippen LogP contribution in [-0.4, -0.2) is 61.7 Å². The lowest BCUT2D eigenvalue weighted by molar-refractivity contribution is 0.149. The molecule has 0 bridgehead atoms. The predicted octanol–water partition coefficient (Wildman–Crippen LogP) is 4.73. The second kappa shape index (κ2) is 9.57. The van der Waals surface area contributed by atoms with Crippen molar-refractivity contribution in [3.8, 4) is 11.5 Å². The lowest BCUT2D eigenvalue weighted by Gasteiger charge is -2.33. The summed E-state index contributed by atoms with van der Waals surface area (Å²) in [5.41, 5.74) is 2.71. The molecule has 0 unspecified atom stereocenters. The predicted molar refractivity (Wildman–Crippen MR) is 140 cm³/mol. The summed E-state index contributed by atoms with van der Waals surface area (Å²) in [5.74, 6) is 1.91. The summed E-state index contributed by atoms with van der Waals surface area (Å²) in [7, 11) is 1.96. The van der Waals surface area contributed by atoms with Crippen LogP contribution in [0.15, 0.2) is 41.1 Å². The van der Waals surface area contributed by atoms with E-state index in [1.165, 1.54) is 0 Å². The van der Waals surface area contributed by atoms with Gasteiger partial charge >= 0.3 is 0 Å². The van der Waals surface area contributed by atoms with Gasteiger partial charge in [-0.2, -0.15) is 10.1 Å². The van der Waals surface area contributed by atoms with Gasteiger partial charge in [0.15, 0.2) is 0 Å². The maximum absolute atomic E-state index is 14.7. The van der Waals surface area contributed by atoms with E-state index in [1.54, 1.807) is 6.20 Å². The molecule has 1 fully saturated rings. The number of aryl methyl sites for hydroxylation is 1. The number of fused-ring (bicyclic) bond motifs is 1. The molecule has 0 radical (unpaired) electrons. The average molecular weight is 495 g/mol. The highest BCUT2D eigenvalue weighted by Crippen LogP contribution is 2.33. The van der Waals surface area contributed by atoms with E-state index < -0.39 is 6.17 Å². The summed E-state index contributed by atoms with van der Waals surface area (Å²) in [6.45, 7) is 10.9. The van der Waals surface area contributed by atoms with Gasteiger partial charge in [-0.25, -0.2) is 9.07 Å². The van der Waals surface area contributed by atoms with Crippen molar-refractivity contribution in [1.29, 1.82) is 0 Å². The van der Waals surface area contributed by atoms with Gasteiger partial charge in [-0.15, -0.1) is 0 Å². The SMILES string of the molecule is CCn1c(-c2noc(CNc3ccnn3C(C)(C)C)n2)cc2c(N[C@@H]3CCN(C)C[C@@H]3F)cccc21. The van der Waals surface area contributed by atoms with Gasteiger partial charge in [0, 0.05) is 36.8 Å². The molecule has 4 aromatic rings. The highest BCUT2D eigenvalue weighted by molar-refractivity contribution is 5.96. The first-order chi connectivity index (χ1) is 17.2. The van der Waals surface area contributed by atoms with Gasteiger partial charge in [-0.1, -0.05) is 11.2 Å². The first-order valence-electron chi connectivity index (χ1n) is 12.6. The highest BCUT2D eigenvalue weighted by Gasteiger charge is 2.28. The number of anilines is 2. The van der Waals surface area contributed by atoms with Gasteiger partial charge in [-0.3, -0.25) is 0 Å². The fourth-order valence-corrected chi connectivity index (χ4v) is 4.92. The Morgan fingerprint density at radius 2 is 2.06 bits per heavy atom. The van der Waals surface area contributed by atoms with Gasteiger partial charge in [0.25, 0.3) is 0 Å². The Labute approximate surface area is 210 Å². The molecule has 0 aliphatic carbocycles. The number of nitrogens with zero attached hydrogens (tertiary/aromatic N) is 6. The van der Waals surface area contributed by atoms with Gasteiger partial charge in [0.2, 0.25) is 11.7 Å². The zero-order chi connectivity index (χ0) is 25.4. The zero-order valence-corrected chi connectivity index (χ0v) is 21.6. The van der Waals surface area contributed by atoms with Crippen LogP contribution < -0.4 is 10.6 Å². The van der Waals surface area contributed by atoms with E-state index in [0.717, 1.165) is 47.6 Å². The number of aromatic nitrogens is 5. The van der Waals surface area contributed by atoms with Gasteiger partial charge < -0.3 is 24.6 Å². The first kappa shape index (κ1) is 24.3. The molecule has 1 saturated heterocycles. The number of halogens is 1. The Morgan fingerprint density at radius 3 is 2.81 bits per heavy atom. The third-order valence-electron chi connectivity index (χ3n) is 6.74. The Balaban J connectivity index is 1.39. The minimum Gasteiger partial charge on any atom is -0.379 e. The van der Waals surface area contributed by atoms with Gasteiger partial charge in [0.05, 0.1) is 35.5 Å². The maximum Gasteiger partial charge on any atom is 0.246 e. The van der Waals surface area contributed by atoms with Crippen LogP contribution in [0, 0.1) is 0 Å². The average Bonchev–Trinajstić information content (AvgIpc) is 3.57. The standard InChI is InChI=1S/C26H35FN8O/c1-6-34-21-9-7-8-19(30-20-11-13-33(5)16-18(20)27)17(21)14-22(34)25-31-24(36-32-25)15-28-23-10-12-29-35(23)26(2,3)4/h7-10,12,14,18,20,28,30H,6,11,13,15-16H2,1-5H3/t18-,20+/m0/s1. The van der Waals surface area contributed by atoms with Crippen molar-refractivity contribution < 1.29 is 8.91 Å². The van der Waals surface area contributed by atoms with E-state index in [1.807, 2.05) is 34.8 Å². The second-order valence-corrected chi connectivity index (χ2v) is 10.5. The van der Waals surface area contributed by atoms with Crippen LogP contribution in [0.2, 0.25) is 0 Å². The van der Waals surface area contributed by atoms with Crippen molar-refractivity contribution in [3.63, 3.8) is 0 Å². The molecule has 0 spiro atoms. The third-order valence-corrected chi connectivity index (χ3v) is 6.74. The lowest BCUT2D eigenvalue weighted by Crippen LogP contribution is -2.46. The number of likely N-dealkylation sites (tertiary alicyclic amines) is 1. The summed E-state index contributed by atoms with van der Waals surface area (Å²) in [6, 6.07) is 9.89. The van der Waals surface area contributed by atoms with Crippen molar-refractivity contribution in [3.05, 3.63) is 42.4 Å². The monoisotopic (exact) mass is 494 g/mol. The van der Waals surface area contributed by atoms with Crippen molar-refractivity contribution in [2.75, 3.05) is 30.8 Å². The van der Waals surface area contributed by atoms with Crippen LogP contribution in [0.5, 0.6) is 0 Å². The maximum atomic E-state index is 14.7. The van der Waals surface area contributed by atoms with E-state index in [4.69, 9.17) is 4.52 Å². The van der Waals surface area contributed by atoms with E-state index in [-0.39, 0.29) is 11.6 Å². The van der Waals surface area contributed by atoms with Crippen LogP contribution in [0.25, 0.3) is 22.4 Å². The third kappa shape index (κ3) is 4.69. The minimum absolute atomic E-state index is 0.143. The Kier molecular flexibility index (Phi) is 6.46.